The molecule has 1 saturated heterocycles. The number of rotatable bonds is 5. The van der Waals surface area contributed by atoms with Crippen LogP contribution in [0.25, 0.3) is 10.9 Å². The molecule has 0 bridgehead atoms. The standard InChI is InChI=1S/C23H25F3N6O2/c1-30-17-5-3-2-4-14(17)16(29-30)11-32-19(23(24,25)26)6-7-31-21(33)9-20(28-22(31)32)27-10-18-15-8-13(15)12-34-18/h2-5,9,13,15,18-19,27H,6-8,10-12H2,1H3/t13?,15?,18?,19-/m0/s1. The van der Waals surface area contributed by atoms with Gasteiger partial charge in [-0.3, -0.25) is 14.0 Å². The van der Waals surface area contributed by atoms with Crippen LogP contribution in [0.5, 0.6) is 0 Å². The SMILES string of the molecule is Cn1nc(CN2c3nc(NCC4OCC5CC54)cc(=O)n3CC[C@H]2C(F)(F)F)c2ccccc21. The van der Waals surface area contributed by atoms with E-state index >= 15 is 0 Å². The molecule has 3 aromatic rings. The van der Waals surface area contributed by atoms with Crippen LogP contribution >= 0.6 is 0 Å². The first-order valence-electron chi connectivity index (χ1n) is 11.5. The molecule has 1 aliphatic carbocycles. The molecule has 2 aromatic heterocycles. The molecule has 1 N–H and O–H groups in total. The van der Waals surface area contributed by atoms with Crippen LogP contribution in [0.2, 0.25) is 0 Å². The van der Waals surface area contributed by atoms with Gasteiger partial charge in [-0.2, -0.15) is 23.3 Å². The number of fused-ring (bicyclic) bond motifs is 3. The Morgan fingerprint density at radius 1 is 1.26 bits per heavy atom. The lowest BCUT2D eigenvalue weighted by atomic mass is 10.1. The number of hydrogen-bond donors (Lipinski definition) is 1. The third-order valence-corrected chi connectivity index (χ3v) is 7.24. The number of alkyl halides is 3. The van der Waals surface area contributed by atoms with Crippen LogP contribution in [0.4, 0.5) is 24.9 Å². The van der Waals surface area contributed by atoms with E-state index in [-0.39, 0.29) is 42.9 Å². The molecule has 180 valence electrons. The molecular weight excluding hydrogens is 449 g/mol. The van der Waals surface area contributed by atoms with Crippen LogP contribution in [0.3, 0.4) is 0 Å². The highest BCUT2D eigenvalue weighted by Gasteiger charge is 2.49. The molecule has 6 rings (SSSR count). The van der Waals surface area contributed by atoms with Gasteiger partial charge in [0.05, 0.1) is 30.5 Å². The Hall–Kier alpha value is -3.08. The number of halogens is 3. The molecule has 0 radical (unpaired) electrons. The number of benzene rings is 1. The summed E-state index contributed by atoms with van der Waals surface area (Å²) in [6, 6.07) is 7.00. The van der Waals surface area contributed by atoms with Crippen LogP contribution in [-0.2, 0) is 24.9 Å². The average Bonchev–Trinajstić information content (AvgIpc) is 3.37. The lowest BCUT2D eigenvalue weighted by Crippen LogP contribution is -2.52. The largest absolute Gasteiger partial charge is 0.408 e. The van der Waals surface area contributed by atoms with E-state index in [2.05, 4.69) is 15.4 Å². The summed E-state index contributed by atoms with van der Waals surface area (Å²) in [7, 11) is 1.76. The summed E-state index contributed by atoms with van der Waals surface area (Å²) in [5.74, 6) is 1.41. The summed E-state index contributed by atoms with van der Waals surface area (Å²) in [4.78, 5) is 18.5. The molecule has 1 saturated carbocycles. The first kappa shape index (κ1) is 21.5. The van der Waals surface area contributed by atoms with E-state index in [0.29, 0.717) is 24.1 Å². The number of ether oxygens (including phenoxy) is 1. The third-order valence-electron chi connectivity index (χ3n) is 7.24. The Kier molecular flexibility index (Phi) is 4.87. The molecule has 34 heavy (non-hydrogen) atoms. The van der Waals surface area contributed by atoms with Crippen LogP contribution in [-0.4, -0.2) is 50.8 Å². The van der Waals surface area contributed by atoms with Crippen molar-refractivity contribution in [3.63, 3.8) is 0 Å². The second-order valence-electron chi connectivity index (χ2n) is 9.41. The van der Waals surface area contributed by atoms with Gasteiger partial charge < -0.3 is 15.0 Å². The lowest BCUT2D eigenvalue weighted by molar-refractivity contribution is -0.153. The molecule has 4 atom stereocenters. The number of nitrogens with one attached hydrogen (secondary N) is 1. The van der Waals surface area contributed by atoms with E-state index in [4.69, 9.17) is 4.74 Å². The van der Waals surface area contributed by atoms with E-state index in [1.165, 1.54) is 15.5 Å². The van der Waals surface area contributed by atoms with Gasteiger partial charge in [-0.1, -0.05) is 18.2 Å². The molecule has 11 heteroatoms. The Morgan fingerprint density at radius 3 is 2.82 bits per heavy atom. The van der Waals surface area contributed by atoms with Crippen molar-refractivity contribution in [2.45, 2.75) is 44.3 Å². The molecule has 0 amide bonds. The fourth-order valence-corrected chi connectivity index (χ4v) is 5.35. The Bertz CT molecular complexity index is 1300. The number of para-hydroxylation sites is 1. The van der Waals surface area contributed by atoms with Gasteiger partial charge in [0.1, 0.15) is 11.9 Å². The van der Waals surface area contributed by atoms with E-state index in [9.17, 15) is 18.0 Å². The molecule has 3 aliphatic rings. The number of anilines is 2. The highest BCUT2D eigenvalue weighted by molar-refractivity contribution is 5.82. The quantitative estimate of drug-likeness (QED) is 0.613. The smallest absolute Gasteiger partial charge is 0.376 e. The predicted octanol–water partition coefficient (Wildman–Crippen LogP) is 2.92. The van der Waals surface area contributed by atoms with Crippen LogP contribution < -0.4 is 15.8 Å². The fraction of sp³-hybridized carbons (Fsp3) is 0.522. The van der Waals surface area contributed by atoms with Crippen LogP contribution in [0.15, 0.2) is 35.1 Å². The fourth-order valence-electron chi connectivity index (χ4n) is 5.35. The van der Waals surface area contributed by atoms with Crippen molar-refractivity contribution >= 4 is 22.7 Å². The number of nitrogens with zero attached hydrogens (tertiary/aromatic N) is 5. The van der Waals surface area contributed by atoms with Crippen molar-refractivity contribution in [3.8, 4) is 0 Å². The van der Waals surface area contributed by atoms with Gasteiger partial charge in [-0.25, -0.2) is 0 Å². The number of aryl methyl sites for hydroxylation is 1. The zero-order valence-electron chi connectivity index (χ0n) is 18.6. The predicted molar refractivity (Wildman–Crippen MR) is 120 cm³/mol. The van der Waals surface area contributed by atoms with Gasteiger partial charge in [0, 0.05) is 31.6 Å². The monoisotopic (exact) mass is 474 g/mol. The maximum Gasteiger partial charge on any atom is 0.408 e. The summed E-state index contributed by atoms with van der Waals surface area (Å²) in [6.07, 6.45) is -3.51. The Morgan fingerprint density at radius 2 is 2.09 bits per heavy atom. The highest BCUT2D eigenvalue weighted by Crippen LogP contribution is 2.48. The first-order valence-corrected chi connectivity index (χ1v) is 11.5. The highest BCUT2D eigenvalue weighted by atomic mass is 19.4. The minimum Gasteiger partial charge on any atom is -0.376 e. The van der Waals surface area contributed by atoms with Crippen LogP contribution in [0, 0.1) is 11.8 Å². The average molecular weight is 474 g/mol. The number of hydrogen-bond acceptors (Lipinski definition) is 6. The molecule has 2 aliphatic heterocycles. The lowest BCUT2D eigenvalue weighted by Gasteiger charge is -2.38. The van der Waals surface area contributed by atoms with Crippen molar-refractivity contribution in [2.75, 3.05) is 23.4 Å². The minimum absolute atomic E-state index is 0.00921. The molecular formula is C23H25F3N6O2. The zero-order chi connectivity index (χ0) is 23.6. The van der Waals surface area contributed by atoms with Gasteiger partial charge in [0.2, 0.25) is 5.95 Å². The molecule has 0 spiro atoms. The first-order chi connectivity index (χ1) is 16.3. The second-order valence-corrected chi connectivity index (χ2v) is 9.41. The van der Waals surface area contributed by atoms with Gasteiger partial charge in [0.15, 0.2) is 0 Å². The topological polar surface area (TPSA) is 77.2 Å². The molecule has 8 nitrogen and oxygen atoms in total. The summed E-state index contributed by atoms with van der Waals surface area (Å²) in [6.45, 7) is 1.07. The summed E-state index contributed by atoms with van der Waals surface area (Å²) < 4.78 is 51.0. The molecule has 3 unspecified atom stereocenters. The summed E-state index contributed by atoms with van der Waals surface area (Å²) in [5.41, 5.74) is 0.960. The van der Waals surface area contributed by atoms with Crippen molar-refractivity contribution < 1.29 is 17.9 Å². The van der Waals surface area contributed by atoms with E-state index in [1.807, 2.05) is 24.3 Å². The van der Waals surface area contributed by atoms with Crippen molar-refractivity contribution in [1.29, 1.82) is 0 Å². The van der Waals surface area contributed by atoms with Gasteiger partial charge in [-0.15, -0.1) is 0 Å². The zero-order valence-corrected chi connectivity index (χ0v) is 18.6. The van der Waals surface area contributed by atoms with Gasteiger partial charge >= 0.3 is 6.18 Å². The second kappa shape index (κ2) is 7.72. The van der Waals surface area contributed by atoms with E-state index in [0.717, 1.165) is 23.9 Å². The Labute approximate surface area is 193 Å². The van der Waals surface area contributed by atoms with Gasteiger partial charge in [-0.05, 0) is 30.7 Å². The van der Waals surface area contributed by atoms with Crippen molar-refractivity contribution in [1.82, 2.24) is 19.3 Å². The van der Waals surface area contributed by atoms with Gasteiger partial charge in [0.25, 0.3) is 5.56 Å². The maximum absolute atomic E-state index is 14.1. The summed E-state index contributed by atoms with van der Waals surface area (Å²) in [5, 5.41) is 8.38. The van der Waals surface area contributed by atoms with Crippen molar-refractivity contribution in [3.05, 3.63) is 46.4 Å². The Balaban J connectivity index is 1.36. The maximum atomic E-state index is 14.1. The number of aromatic nitrogens is 4. The molecule has 2 fully saturated rings. The van der Waals surface area contributed by atoms with E-state index in [1.54, 1.807) is 11.7 Å². The normalized spacial score (nSPS) is 25.9. The van der Waals surface area contributed by atoms with Crippen molar-refractivity contribution in [2.24, 2.45) is 18.9 Å². The molecule has 4 heterocycles. The minimum atomic E-state index is -4.48. The summed E-state index contributed by atoms with van der Waals surface area (Å²) >= 11 is 0. The molecule has 1 aromatic carbocycles. The van der Waals surface area contributed by atoms with Crippen LogP contribution in [0.1, 0.15) is 18.5 Å². The van der Waals surface area contributed by atoms with E-state index < -0.39 is 12.2 Å². The third kappa shape index (κ3) is 3.62.